The lowest BCUT2D eigenvalue weighted by Gasteiger charge is -2.12. The Balaban J connectivity index is 2.10. The molecule has 1 aromatic carbocycles. The molecule has 6 nitrogen and oxygen atoms in total. The van der Waals surface area contributed by atoms with E-state index in [1.165, 1.54) is 0 Å². The number of nitrogens with zero attached hydrogens (tertiary/aromatic N) is 2. The van der Waals surface area contributed by atoms with Crippen molar-refractivity contribution in [2.24, 2.45) is 5.92 Å². The van der Waals surface area contributed by atoms with Gasteiger partial charge < -0.3 is 10.4 Å². The first-order valence-corrected chi connectivity index (χ1v) is 10.3. The summed E-state index contributed by atoms with van der Waals surface area (Å²) in [6.45, 7) is 5.65. The van der Waals surface area contributed by atoms with Crippen molar-refractivity contribution in [3.63, 3.8) is 0 Å². The monoisotopic (exact) mass is 436 g/mol. The van der Waals surface area contributed by atoms with Gasteiger partial charge in [0.05, 0.1) is 16.4 Å². The number of rotatable bonds is 6. The van der Waals surface area contributed by atoms with Crippen LogP contribution in [0.3, 0.4) is 0 Å². The third kappa shape index (κ3) is 4.50. The minimum absolute atomic E-state index is 0.135. The zero-order valence-electron chi connectivity index (χ0n) is 15.6. The first kappa shape index (κ1) is 20.7. The first-order valence-electron chi connectivity index (χ1n) is 8.68. The second-order valence-electron chi connectivity index (χ2n) is 6.66. The number of aryl methyl sites for hydroxylation is 1. The van der Waals surface area contributed by atoms with Gasteiger partial charge in [-0.25, -0.2) is 4.98 Å². The number of aromatic nitrogens is 3. The third-order valence-corrected chi connectivity index (χ3v) is 5.62. The number of halogens is 2. The molecule has 0 saturated heterocycles. The van der Waals surface area contributed by atoms with Gasteiger partial charge in [0.2, 0.25) is 5.82 Å². The molecule has 0 radical (unpaired) electrons. The molecule has 0 saturated carbocycles. The summed E-state index contributed by atoms with van der Waals surface area (Å²) in [5.74, 6) is 0.716. The SMILES string of the molecule is Cc1nc(Cc2nc([NH2+]c3c(Cl)cccc3Cl)c(C(=N)C(C)C)c(=O)[nH]2)cs1. The fraction of sp³-hybridized carbons (Fsp3) is 0.263. The number of quaternary nitrogens is 1. The smallest absolute Gasteiger partial charge is 0.266 e. The van der Waals surface area contributed by atoms with Crippen LogP contribution in [0.5, 0.6) is 0 Å². The second-order valence-corrected chi connectivity index (χ2v) is 8.53. The molecule has 4 N–H and O–H groups in total. The van der Waals surface area contributed by atoms with E-state index >= 15 is 0 Å². The van der Waals surface area contributed by atoms with Gasteiger partial charge in [0.25, 0.3) is 5.56 Å². The predicted molar refractivity (Wildman–Crippen MR) is 114 cm³/mol. The molecule has 2 heterocycles. The number of H-pyrrole nitrogens is 1. The Labute approximate surface area is 176 Å². The van der Waals surface area contributed by atoms with E-state index in [1.54, 1.807) is 34.9 Å². The zero-order chi connectivity index (χ0) is 20.4. The molecule has 0 fully saturated rings. The molecule has 2 aromatic heterocycles. The van der Waals surface area contributed by atoms with Crippen LogP contribution in [0.25, 0.3) is 0 Å². The molecule has 0 aliphatic carbocycles. The minimum Gasteiger partial charge on any atom is -0.309 e. The lowest BCUT2D eigenvalue weighted by molar-refractivity contribution is -0.483. The minimum atomic E-state index is -0.356. The van der Waals surface area contributed by atoms with Crippen molar-refractivity contribution in [2.45, 2.75) is 27.2 Å². The Morgan fingerprint density at radius 1 is 1.29 bits per heavy atom. The molecule has 9 heteroatoms. The van der Waals surface area contributed by atoms with Gasteiger partial charge in [-0.15, -0.1) is 11.3 Å². The summed E-state index contributed by atoms with van der Waals surface area (Å²) in [5.41, 5.74) is 1.48. The van der Waals surface area contributed by atoms with Crippen molar-refractivity contribution in [1.29, 1.82) is 5.41 Å². The maximum absolute atomic E-state index is 12.8. The van der Waals surface area contributed by atoms with E-state index in [-0.39, 0.29) is 22.8 Å². The topological polar surface area (TPSA) is 99.1 Å². The highest BCUT2D eigenvalue weighted by molar-refractivity contribution is 7.09. The number of hydrogen-bond acceptors (Lipinski definition) is 5. The molecule has 146 valence electrons. The number of hydrogen-bond donors (Lipinski definition) is 3. The number of benzene rings is 1. The lowest BCUT2D eigenvalue weighted by Crippen LogP contribution is -2.73. The molecular weight excluding hydrogens is 417 g/mol. The quantitative estimate of drug-likeness (QED) is 0.402. The highest BCUT2D eigenvalue weighted by Gasteiger charge is 2.24. The number of thiazole rings is 1. The van der Waals surface area contributed by atoms with Crippen molar-refractivity contribution < 1.29 is 5.32 Å². The van der Waals surface area contributed by atoms with E-state index in [0.29, 0.717) is 33.8 Å². The average Bonchev–Trinajstić information content (AvgIpc) is 3.02. The van der Waals surface area contributed by atoms with Crippen molar-refractivity contribution in [3.05, 3.63) is 66.1 Å². The van der Waals surface area contributed by atoms with E-state index in [0.717, 1.165) is 10.7 Å². The van der Waals surface area contributed by atoms with E-state index in [4.69, 9.17) is 28.6 Å². The van der Waals surface area contributed by atoms with Gasteiger partial charge in [-0.3, -0.25) is 10.1 Å². The molecule has 0 unspecified atom stereocenters. The Bertz CT molecular complexity index is 1070. The zero-order valence-corrected chi connectivity index (χ0v) is 18.0. The standard InChI is InChI=1S/C19H19Cl2N5OS/c1-9(2)16(22)15-18(26-17-12(20)5-4-6-13(17)21)24-14(25-19(15)27)7-11-8-28-10(3)23-11/h4-6,8-9,22H,7H2,1-3H3,(H2,24,25,26,27)/p+1. The maximum Gasteiger partial charge on any atom is 0.266 e. The van der Waals surface area contributed by atoms with E-state index < -0.39 is 0 Å². The predicted octanol–water partition coefficient (Wildman–Crippen LogP) is 3.98. The van der Waals surface area contributed by atoms with E-state index in [1.807, 2.05) is 26.2 Å². The molecule has 3 aromatic rings. The van der Waals surface area contributed by atoms with Crippen LogP contribution in [0.15, 0.2) is 28.4 Å². The Kier molecular flexibility index (Phi) is 6.30. The van der Waals surface area contributed by atoms with Crippen LogP contribution in [0.4, 0.5) is 11.5 Å². The van der Waals surface area contributed by atoms with Crippen LogP contribution < -0.4 is 10.9 Å². The first-order chi connectivity index (χ1) is 13.3. The molecule has 0 aliphatic rings. The molecule has 0 amide bonds. The van der Waals surface area contributed by atoms with Gasteiger partial charge in [0.1, 0.15) is 21.4 Å². The highest BCUT2D eigenvalue weighted by Crippen LogP contribution is 2.26. The average molecular weight is 437 g/mol. The Morgan fingerprint density at radius 3 is 2.54 bits per heavy atom. The summed E-state index contributed by atoms with van der Waals surface area (Å²) in [7, 11) is 0. The number of nitrogens with one attached hydrogen (secondary N) is 2. The van der Waals surface area contributed by atoms with Crippen LogP contribution in [0, 0.1) is 18.3 Å². The molecule has 0 spiro atoms. The van der Waals surface area contributed by atoms with Gasteiger partial charge in [0, 0.05) is 11.8 Å². The fourth-order valence-electron chi connectivity index (χ4n) is 2.72. The summed E-state index contributed by atoms with van der Waals surface area (Å²) < 4.78 is 0. The van der Waals surface area contributed by atoms with Gasteiger partial charge in [-0.05, 0) is 25.0 Å². The third-order valence-electron chi connectivity index (χ3n) is 4.14. The second kappa shape index (κ2) is 8.53. The normalized spacial score (nSPS) is 11.2. The fourth-order valence-corrected chi connectivity index (χ4v) is 3.84. The maximum atomic E-state index is 12.8. The molecule has 0 bridgehead atoms. The van der Waals surface area contributed by atoms with Gasteiger partial charge in [-0.2, -0.15) is 4.98 Å². The van der Waals surface area contributed by atoms with Crippen molar-refractivity contribution in [1.82, 2.24) is 15.0 Å². The van der Waals surface area contributed by atoms with Crippen molar-refractivity contribution >= 4 is 51.8 Å². The van der Waals surface area contributed by atoms with Gasteiger partial charge in [-0.1, -0.05) is 43.1 Å². The summed E-state index contributed by atoms with van der Waals surface area (Å²) in [4.78, 5) is 24.7. The lowest BCUT2D eigenvalue weighted by atomic mass is 10.0. The van der Waals surface area contributed by atoms with E-state index in [9.17, 15) is 4.79 Å². The molecule has 3 rings (SSSR count). The van der Waals surface area contributed by atoms with Crippen LogP contribution in [0.1, 0.15) is 35.9 Å². The van der Waals surface area contributed by atoms with Crippen molar-refractivity contribution in [2.75, 3.05) is 0 Å². The van der Waals surface area contributed by atoms with Gasteiger partial charge in [0.15, 0.2) is 5.69 Å². The van der Waals surface area contributed by atoms with Crippen LogP contribution in [0.2, 0.25) is 10.0 Å². The molecular formula is C19H20Cl2N5OS+. The van der Waals surface area contributed by atoms with Crippen LogP contribution in [-0.2, 0) is 6.42 Å². The summed E-state index contributed by atoms with van der Waals surface area (Å²) in [5, 5.41) is 13.8. The van der Waals surface area contributed by atoms with Crippen LogP contribution >= 0.6 is 34.5 Å². The Morgan fingerprint density at radius 2 is 1.96 bits per heavy atom. The largest absolute Gasteiger partial charge is 0.309 e. The van der Waals surface area contributed by atoms with Crippen molar-refractivity contribution in [3.8, 4) is 0 Å². The van der Waals surface area contributed by atoms with Crippen LogP contribution in [-0.4, -0.2) is 20.7 Å². The summed E-state index contributed by atoms with van der Waals surface area (Å²) >= 11 is 14.1. The van der Waals surface area contributed by atoms with Gasteiger partial charge >= 0.3 is 0 Å². The molecule has 0 atom stereocenters. The molecule has 0 aliphatic heterocycles. The Hall–Kier alpha value is -2.06. The number of para-hydroxylation sites is 1. The number of aromatic amines is 1. The van der Waals surface area contributed by atoms with E-state index in [2.05, 4.69) is 15.0 Å². The number of nitrogens with two attached hydrogens (primary N) is 1. The summed E-state index contributed by atoms with van der Waals surface area (Å²) in [6.07, 6.45) is 0.395. The highest BCUT2D eigenvalue weighted by atomic mass is 35.5. The molecule has 28 heavy (non-hydrogen) atoms. The summed E-state index contributed by atoms with van der Waals surface area (Å²) in [6, 6.07) is 5.19.